The van der Waals surface area contributed by atoms with Gasteiger partial charge in [-0.2, -0.15) is 5.10 Å². The number of hydrogen-bond donors (Lipinski definition) is 2. The van der Waals surface area contributed by atoms with E-state index in [0.29, 0.717) is 34.7 Å². The third-order valence-electron chi connectivity index (χ3n) is 3.37. The second kappa shape index (κ2) is 10.3. The zero-order chi connectivity index (χ0) is 19.8. The summed E-state index contributed by atoms with van der Waals surface area (Å²) in [6.07, 6.45) is 2.37. The maximum atomic E-state index is 12.2. The van der Waals surface area contributed by atoms with Crippen molar-refractivity contribution >= 4 is 44.0 Å². The number of amides is 1. The molecule has 0 unspecified atom stereocenters. The zero-order valence-corrected chi connectivity index (χ0v) is 18.1. The minimum absolute atomic E-state index is 0.121. The van der Waals surface area contributed by atoms with Crippen LogP contribution in [0.5, 0.6) is 17.2 Å². The molecular weight excluding hydrogens is 480 g/mol. The maximum absolute atomic E-state index is 12.2. The molecule has 0 aromatic heterocycles. The Bertz CT molecular complexity index is 841. The molecule has 27 heavy (non-hydrogen) atoms. The van der Waals surface area contributed by atoms with E-state index in [0.717, 1.165) is 10.9 Å². The van der Waals surface area contributed by atoms with Gasteiger partial charge in [0.05, 0.1) is 29.5 Å². The molecule has 1 amide bonds. The highest BCUT2D eigenvalue weighted by atomic mass is 79.9. The molecule has 2 aromatic carbocycles. The maximum Gasteiger partial charge on any atom is 0.275 e. The number of aromatic hydroxyl groups is 1. The largest absolute Gasteiger partial charge is 0.507 e. The summed E-state index contributed by atoms with van der Waals surface area (Å²) in [6.45, 7) is 5.00. The van der Waals surface area contributed by atoms with Crippen LogP contribution in [0.15, 0.2) is 44.4 Å². The Kier molecular flexibility index (Phi) is 8.12. The molecule has 2 N–H and O–H groups in total. The van der Waals surface area contributed by atoms with E-state index in [9.17, 15) is 9.90 Å². The van der Waals surface area contributed by atoms with Crippen LogP contribution in [-0.2, 0) is 0 Å². The zero-order valence-electron chi connectivity index (χ0n) is 15.0. The van der Waals surface area contributed by atoms with Gasteiger partial charge in [0.25, 0.3) is 5.91 Å². The van der Waals surface area contributed by atoms with Crippen LogP contribution in [0.3, 0.4) is 0 Å². The van der Waals surface area contributed by atoms with Crippen molar-refractivity contribution in [2.45, 2.75) is 20.3 Å². The van der Waals surface area contributed by atoms with Gasteiger partial charge in [-0.15, -0.1) is 0 Å². The van der Waals surface area contributed by atoms with Gasteiger partial charge < -0.3 is 14.6 Å². The van der Waals surface area contributed by atoms with Crippen molar-refractivity contribution in [1.82, 2.24) is 5.43 Å². The van der Waals surface area contributed by atoms with E-state index in [1.54, 1.807) is 12.1 Å². The van der Waals surface area contributed by atoms with E-state index in [1.165, 1.54) is 18.3 Å². The van der Waals surface area contributed by atoms with Crippen molar-refractivity contribution in [3.05, 3.63) is 50.4 Å². The number of phenols is 1. The quantitative estimate of drug-likeness (QED) is 0.401. The monoisotopic (exact) mass is 498 g/mol. The Morgan fingerprint density at radius 1 is 1.22 bits per heavy atom. The smallest absolute Gasteiger partial charge is 0.275 e. The van der Waals surface area contributed by atoms with E-state index in [1.807, 2.05) is 19.9 Å². The second-order valence-electron chi connectivity index (χ2n) is 5.47. The van der Waals surface area contributed by atoms with Gasteiger partial charge in [-0.1, -0.05) is 22.9 Å². The number of nitrogens with one attached hydrogen (secondary N) is 1. The lowest BCUT2D eigenvalue weighted by Crippen LogP contribution is -2.17. The third kappa shape index (κ3) is 5.97. The highest BCUT2D eigenvalue weighted by Crippen LogP contribution is 2.36. The summed E-state index contributed by atoms with van der Waals surface area (Å²) in [7, 11) is 0. The molecule has 0 atom stereocenters. The first-order valence-electron chi connectivity index (χ1n) is 8.37. The van der Waals surface area contributed by atoms with Crippen molar-refractivity contribution in [3.8, 4) is 17.2 Å². The van der Waals surface area contributed by atoms with Gasteiger partial charge >= 0.3 is 0 Å². The van der Waals surface area contributed by atoms with Crippen molar-refractivity contribution in [1.29, 1.82) is 0 Å². The summed E-state index contributed by atoms with van der Waals surface area (Å²) in [5.41, 5.74) is 3.24. The first-order chi connectivity index (χ1) is 13.0. The van der Waals surface area contributed by atoms with E-state index < -0.39 is 5.91 Å². The number of nitrogens with zero attached hydrogens (tertiary/aromatic N) is 1. The van der Waals surface area contributed by atoms with Gasteiger partial charge in [-0.25, -0.2) is 5.43 Å². The lowest BCUT2D eigenvalue weighted by Gasteiger charge is -2.14. The Morgan fingerprint density at radius 2 is 2.00 bits per heavy atom. The van der Waals surface area contributed by atoms with Crippen LogP contribution in [0, 0.1) is 0 Å². The van der Waals surface area contributed by atoms with E-state index in [4.69, 9.17) is 9.47 Å². The summed E-state index contributed by atoms with van der Waals surface area (Å²) >= 11 is 6.75. The number of hydrazone groups is 1. The summed E-state index contributed by atoms with van der Waals surface area (Å²) in [5, 5.41) is 13.7. The summed E-state index contributed by atoms with van der Waals surface area (Å²) < 4.78 is 12.8. The molecule has 144 valence electrons. The molecule has 0 fully saturated rings. The highest BCUT2D eigenvalue weighted by Gasteiger charge is 2.13. The Morgan fingerprint density at radius 3 is 2.70 bits per heavy atom. The Labute approximate surface area is 174 Å². The van der Waals surface area contributed by atoms with Crippen LogP contribution < -0.4 is 14.9 Å². The number of carbonyl (C=O) groups is 1. The van der Waals surface area contributed by atoms with Crippen molar-refractivity contribution in [2.75, 3.05) is 13.2 Å². The number of ether oxygens (including phenoxy) is 2. The molecule has 0 bridgehead atoms. The number of halogens is 2. The number of hydrogen-bond acceptors (Lipinski definition) is 5. The van der Waals surface area contributed by atoms with Gasteiger partial charge in [0.1, 0.15) is 5.75 Å². The summed E-state index contributed by atoms with van der Waals surface area (Å²) in [4.78, 5) is 12.2. The predicted molar refractivity (Wildman–Crippen MR) is 112 cm³/mol. The molecule has 0 saturated heterocycles. The fourth-order valence-corrected chi connectivity index (χ4v) is 3.12. The van der Waals surface area contributed by atoms with Crippen LogP contribution >= 0.6 is 31.9 Å². The molecule has 2 aromatic rings. The average molecular weight is 500 g/mol. The number of carbonyl (C=O) groups excluding carboxylic acids is 1. The van der Waals surface area contributed by atoms with Crippen LogP contribution in [-0.4, -0.2) is 30.4 Å². The van der Waals surface area contributed by atoms with Gasteiger partial charge in [0.2, 0.25) is 0 Å². The van der Waals surface area contributed by atoms with Crippen LogP contribution in [0.1, 0.15) is 36.2 Å². The standard InChI is InChI=1S/C19H20Br2N2O4/c1-3-7-27-18-15(21)8-12(9-17(18)26-4-2)11-22-23-19(25)14-10-13(20)5-6-16(14)24/h5-6,8-11,24H,3-4,7H2,1-2H3,(H,23,25)/b22-11-. The van der Waals surface area contributed by atoms with Crippen molar-refractivity contribution in [3.63, 3.8) is 0 Å². The fourth-order valence-electron chi connectivity index (χ4n) is 2.19. The topological polar surface area (TPSA) is 80.2 Å². The van der Waals surface area contributed by atoms with Crippen molar-refractivity contribution < 1.29 is 19.4 Å². The molecule has 0 spiro atoms. The average Bonchev–Trinajstić information content (AvgIpc) is 2.63. The summed E-state index contributed by atoms with van der Waals surface area (Å²) in [6, 6.07) is 8.20. The number of rotatable bonds is 8. The van der Waals surface area contributed by atoms with Gasteiger partial charge in [0.15, 0.2) is 11.5 Å². The minimum atomic E-state index is -0.517. The molecule has 0 aliphatic rings. The number of benzene rings is 2. The lowest BCUT2D eigenvalue weighted by atomic mass is 10.2. The second-order valence-corrected chi connectivity index (χ2v) is 7.24. The molecule has 6 nitrogen and oxygen atoms in total. The first kappa shape index (κ1) is 21.2. The predicted octanol–water partition coefficient (Wildman–Crippen LogP) is 4.87. The lowest BCUT2D eigenvalue weighted by molar-refractivity contribution is 0.0952. The Balaban J connectivity index is 2.16. The van der Waals surface area contributed by atoms with Crippen LogP contribution in [0.25, 0.3) is 0 Å². The van der Waals surface area contributed by atoms with E-state index in [-0.39, 0.29) is 11.3 Å². The van der Waals surface area contributed by atoms with Gasteiger partial charge in [0, 0.05) is 4.47 Å². The first-order valence-corrected chi connectivity index (χ1v) is 9.95. The molecule has 2 rings (SSSR count). The number of phenolic OH excluding ortho intramolecular Hbond substituents is 1. The normalized spacial score (nSPS) is 10.8. The molecule has 0 saturated carbocycles. The summed E-state index contributed by atoms with van der Waals surface area (Å²) in [5.74, 6) is 0.596. The molecule has 0 radical (unpaired) electrons. The SMILES string of the molecule is CCCOc1c(Br)cc(/C=N\NC(=O)c2cc(Br)ccc2O)cc1OCC. The fraction of sp³-hybridized carbons (Fsp3) is 0.263. The molecule has 8 heteroatoms. The molecular formula is C19H20Br2N2O4. The molecule has 0 heterocycles. The van der Waals surface area contributed by atoms with E-state index in [2.05, 4.69) is 42.4 Å². The molecule has 0 aliphatic carbocycles. The van der Waals surface area contributed by atoms with Crippen LogP contribution in [0.2, 0.25) is 0 Å². The van der Waals surface area contributed by atoms with Crippen LogP contribution in [0.4, 0.5) is 0 Å². The Hall–Kier alpha value is -2.06. The minimum Gasteiger partial charge on any atom is -0.507 e. The van der Waals surface area contributed by atoms with Gasteiger partial charge in [-0.3, -0.25) is 4.79 Å². The van der Waals surface area contributed by atoms with E-state index >= 15 is 0 Å². The third-order valence-corrected chi connectivity index (χ3v) is 4.45. The molecule has 0 aliphatic heterocycles. The van der Waals surface area contributed by atoms with Gasteiger partial charge in [-0.05, 0) is 65.2 Å². The highest BCUT2D eigenvalue weighted by molar-refractivity contribution is 9.10. The van der Waals surface area contributed by atoms with Crippen molar-refractivity contribution in [2.24, 2.45) is 5.10 Å².